The van der Waals surface area contributed by atoms with Crippen LogP contribution in [0.15, 0.2) is 42.9 Å². The predicted octanol–water partition coefficient (Wildman–Crippen LogP) is 2.98. The molecule has 2 saturated heterocycles. The van der Waals surface area contributed by atoms with Gasteiger partial charge < -0.3 is 9.80 Å². The third kappa shape index (κ3) is 4.27. The maximum absolute atomic E-state index is 13.5. The number of nitrogens with zero attached hydrogens (tertiary/aromatic N) is 7. The summed E-state index contributed by atoms with van der Waals surface area (Å²) in [5.74, 6) is 0.237. The van der Waals surface area contributed by atoms with Gasteiger partial charge in [0.2, 0.25) is 5.95 Å². The Hall–Kier alpha value is -3.50. The van der Waals surface area contributed by atoms with E-state index in [1.54, 1.807) is 12.4 Å². The minimum Gasteiger partial charge on any atom is -0.340 e. The Labute approximate surface area is 188 Å². The van der Waals surface area contributed by atoms with Crippen LogP contribution in [0.4, 0.5) is 19.1 Å². The van der Waals surface area contributed by atoms with E-state index in [0.29, 0.717) is 37.4 Å². The highest BCUT2D eigenvalue weighted by atomic mass is 19.4. The molecule has 2 bridgehead atoms. The summed E-state index contributed by atoms with van der Waals surface area (Å²) in [5, 5.41) is 8.33. The fourth-order valence-electron chi connectivity index (χ4n) is 4.77. The zero-order valence-electron chi connectivity index (χ0n) is 17.9. The Morgan fingerprint density at radius 1 is 1.00 bits per heavy atom. The van der Waals surface area contributed by atoms with Crippen molar-refractivity contribution in [1.29, 1.82) is 0 Å². The van der Waals surface area contributed by atoms with E-state index in [9.17, 15) is 18.0 Å². The summed E-state index contributed by atoms with van der Waals surface area (Å²) < 4.78 is 39.2. The van der Waals surface area contributed by atoms with Crippen molar-refractivity contribution < 1.29 is 18.0 Å². The van der Waals surface area contributed by atoms with Crippen LogP contribution in [0.25, 0.3) is 5.69 Å². The van der Waals surface area contributed by atoms with Crippen LogP contribution in [-0.2, 0) is 6.18 Å². The number of fused-ring (bicyclic) bond motifs is 2. The van der Waals surface area contributed by atoms with Crippen LogP contribution in [0, 0.1) is 18.8 Å². The van der Waals surface area contributed by atoms with E-state index in [0.717, 1.165) is 24.2 Å². The number of halogens is 3. The highest BCUT2D eigenvalue weighted by molar-refractivity contribution is 5.98. The van der Waals surface area contributed by atoms with Crippen LogP contribution < -0.4 is 4.90 Å². The van der Waals surface area contributed by atoms with Crippen molar-refractivity contribution in [1.82, 2.24) is 29.9 Å². The Morgan fingerprint density at radius 3 is 2.36 bits per heavy atom. The molecule has 2 aliphatic rings. The lowest BCUT2D eigenvalue weighted by atomic mass is 9.84. The minimum absolute atomic E-state index is 0.0880. The molecule has 0 radical (unpaired) electrons. The van der Waals surface area contributed by atoms with Gasteiger partial charge in [-0.3, -0.25) is 4.79 Å². The van der Waals surface area contributed by atoms with Gasteiger partial charge in [-0.1, -0.05) is 11.6 Å². The molecule has 2 atom stereocenters. The van der Waals surface area contributed by atoms with Crippen molar-refractivity contribution >= 4 is 11.9 Å². The zero-order chi connectivity index (χ0) is 23.2. The van der Waals surface area contributed by atoms with Gasteiger partial charge in [0.1, 0.15) is 5.69 Å². The van der Waals surface area contributed by atoms with Gasteiger partial charge in [0, 0.05) is 32.4 Å². The van der Waals surface area contributed by atoms with Crippen LogP contribution in [0.3, 0.4) is 0 Å². The highest BCUT2D eigenvalue weighted by Crippen LogP contribution is 2.33. The Bertz CT molecular complexity index is 1150. The number of hydrogen-bond donors (Lipinski definition) is 0. The number of alkyl halides is 3. The first-order chi connectivity index (χ1) is 15.8. The fourth-order valence-corrected chi connectivity index (χ4v) is 4.77. The molecule has 4 heterocycles. The molecule has 0 saturated carbocycles. The first-order valence-electron chi connectivity index (χ1n) is 10.7. The summed E-state index contributed by atoms with van der Waals surface area (Å²) in [4.78, 5) is 26.4. The number of aromatic nitrogens is 5. The van der Waals surface area contributed by atoms with Crippen LogP contribution >= 0.6 is 0 Å². The van der Waals surface area contributed by atoms with E-state index in [4.69, 9.17) is 0 Å². The molecule has 33 heavy (non-hydrogen) atoms. The van der Waals surface area contributed by atoms with Crippen LogP contribution in [0.1, 0.15) is 28.0 Å². The Kier molecular flexibility index (Phi) is 5.26. The normalized spacial score (nSPS) is 20.7. The topological polar surface area (TPSA) is 80.0 Å². The van der Waals surface area contributed by atoms with Gasteiger partial charge in [0.25, 0.3) is 5.91 Å². The molecule has 172 valence electrons. The SMILES string of the molecule is Cc1ccc(-n2nccn2)c(C(=O)N2CC3CC(C2)CN(c2nccc(C(F)(F)F)n2)C3)c1. The number of carbonyl (C=O) groups excluding carboxylic acids is 1. The summed E-state index contributed by atoms with van der Waals surface area (Å²) in [6.45, 7) is 3.97. The molecule has 0 aliphatic carbocycles. The average molecular weight is 457 g/mol. The van der Waals surface area contributed by atoms with Crippen LogP contribution in [-0.4, -0.2) is 61.9 Å². The van der Waals surface area contributed by atoms with E-state index in [1.807, 2.05) is 34.9 Å². The standard InChI is InChI=1S/C22H22F3N7O/c1-14-2-3-18(32-27-6-7-28-32)17(8-14)20(33)30-10-15-9-16(11-30)13-31(12-15)21-26-5-4-19(29-21)22(23,24)25/h2-8,15-16H,9-13H2,1H3. The monoisotopic (exact) mass is 457 g/mol. The third-order valence-electron chi connectivity index (χ3n) is 6.10. The van der Waals surface area contributed by atoms with Gasteiger partial charge in [-0.2, -0.15) is 28.2 Å². The Balaban J connectivity index is 1.35. The lowest BCUT2D eigenvalue weighted by Gasteiger charge is -2.45. The van der Waals surface area contributed by atoms with Gasteiger partial charge in [-0.25, -0.2) is 9.97 Å². The lowest BCUT2D eigenvalue weighted by molar-refractivity contribution is -0.141. The number of benzene rings is 1. The van der Waals surface area contributed by atoms with Gasteiger partial charge >= 0.3 is 6.18 Å². The zero-order valence-corrected chi connectivity index (χ0v) is 17.9. The number of anilines is 1. The second kappa shape index (κ2) is 8.13. The van der Waals surface area contributed by atoms with Gasteiger partial charge in [-0.15, -0.1) is 0 Å². The number of hydrogen-bond acceptors (Lipinski definition) is 6. The average Bonchev–Trinajstić information content (AvgIpc) is 3.32. The summed E-state index contributed by atoms with van der Waals surface area (Å²) in [7, 11) is 0. The van der Waals surface area contributed by atoms with Gasteiger partial charge in [0.15, 0.2) is 0 Å². The van der Waals surface area contributed by atoms with E-state index in [-0.39, 0.29) is 23.7 Å². The van der Waals surface area contributed by atoms with E-state index >= 15 is 0 Å². The molecular formula is C22H22F3N7O. The lowest BCUT2D eigenvalue weighted by Crippen LogP contribution is -2.54. The highest BCUT2D eigenvalue weighted by Gasteiger charge is 2.39. The smallest absolute Gasteiger partial charge is 0.340 e. The molecule has 8 nitrogen and oxygen atoms in total. The molecule has 0 N–H and O–H groups in total. The summed E-state index contributed by atoms with van der Waals surface area (Å²) in [6, 6.07) is 6.46. The van der Waals surface area contributed by atoms with Crippen LogP contribution in [0.2, 0.25) is 0 Å². The van der Waals surface area contributed by atoms with Crippen molar-refractivity contribution in [2.45, 2.75) is 19.5 Å². The Morgan fingerprint density at radius 2 is 1.70 bits per heavy atom. The summed E-state index contributed by atoms with van der Waals surface area (Å²) >= 11 is 0. The molecule has 11 heteroatoms. The number of carbonyl (C=O) groups is 1. The molecule has 1 aromatic carbocycles. The predicted molar refractivity (Wildman–Crippen MR) is 113 cm³/mol. The van der Waals surface area contributed by atoms with E-state index in [2.05, 4.69) is 20.2 Å². The maximum Gasteiger partial charge on any atom is 0.433 e. The summed E-state index contributed by atoms with van der Waals surface area (Å²) in [5.41, 5.74) is 1.16. The largest absolute Gasteiger partial charge is 0.433 e. The molecule has 2 aromatic heterocycles. The molecule has 0 spiro atoms. The number of amides is 1. The van der Waals surface area contributed by atoms with Crippen molar-refractivity contribution in [3.63, 3.8) is 0 Å². The molecule has 2 fully saturated rings. The van der Waals surface area contributed by atoms with Crippen molar-refractivity contribution in [3.05, 3.63) is 59.7 Å². The molecule has 2 aliphatic heterocycles. The van der Waals surface area contributed by atoms with Crippen molar-refractivity contribution in [2.24, 2.45) is 11.8 Å². The third-order valence-corrected chi connectivity index (χ3v) is 6.10. The number of rotatable bonds is 3. The molecule has 1 amide bonds. The van der Waals surface area contributed by atoms with Gasteiger partial charge in [0.05, 0.1) is 23.6 Å². The maximum atomic E-state index is 13.5. The number of aryl methyl sites for hydroxylation is 1. The van der Waals surface area contributed by atoms with E-state index in [1.165, 1.54) is 4.80 Å². The first-order valence-corrected chi connectivity index (χ1v) is 10.7. The van der Waals surface area contributed by atoms with Gasteiger partial charge in [-0.05, 0) is 43.4 Å². The van der Waals surface area contributed by atoms with Crippen molar-refractivity contribution in [3.8, 4) is 5.69 Å². The van der Waals surface area contributed by atoms with E-state index < -0.39 is 11.9 Å². The summed E-state index contributed by atoms with van der Waals surface area (Å²) in [6.07, 6.45) is 0.670. The first kappa shape index (κ1) is 21.4. The number of likely N-dealkylation sites (tertiary alicyclic amines) is 1. The molecule has 2 unspecified atom stereocenters. The molecule has 3 aromatic rings. The van der Waals surface area contributed by atoms with Crippen molar-refractivity contribution in [2.75, 3.05) is 31.1 Å². The molecular weight excluding hydrogens is 435 g/mol. The minimum atomic E-state index is -4.51. The quantitative estimate of drug-likeness (QED) is 0.602. The van der Waals surface area contributed by atoms with Crippen LogP contribution in [0.5, 0.6) is 0 Å². The second-order valence-corrected chi connectivity index (χ2v) is 8.66. The molecule has 5 rings (SSSR count). The fraction of sp³-hybridized carbons (Fsp3) is 0.409. The number of piperidine rings is 2. The second-order valence-electron chi connectivity index (χ2n) is 8.66.